The molecule has 2 aliphatic rings. The van der Waals surface area contributed by atoms with Crippen molar-refractivity contribution >= 4 is 45.6 Å². The number of halogens is 3. The fourth-order valence-corrected chi connectivity index (χ4v) is 4.95. The summed E-state index contributed by atoms with van der Waals surface area (Å²) in [5.41, 5.74) is 0.787. The van der Waals surface area contributed by atoms with Crippen molar-refractivity contribution in [2.24, 2.45) is 0 Å². The highest BCUT2D eigenvalue weighted by Crippen LogP contribution is 2.39. The van der Waals surface area contributed by atoms with Crippen LogP contribution in [0.25, 0.3) is 10.9 Å². The van der Waals surface area contributed by atoms with Gasteiger partial charge in [-0.3, -0.25) is 0 Å². The molecule has 2 aliphatic heterocycles. The maximum atomic E-state index is 14.7. The van der Waals surface area contributed by atoms with Gasteiger partial charge in [-0.05, 0) is 43.9 Å². The van der Waals surface area contributed by atoms with Crippen LogP contribution in [0.4, 0.5) is 15.9 Å². The van der Waals surface area contributed by atoms with Gasteiger partial charge in [-0.15, -0.1) is 0 Å². The Balaban J connectivity index is 1.49. The zero-order chi connectivity index (χ0) is 23.7. The molecule has 0 saturated carbocycles. The number of nitrogens with zero attached hydrogens (tertiary/aromatic N) is 2. The van der Waals surface area contributed by atoms with Crippen molar-refractivity contribution in [3.8, 4) is 11.5 Å². The van der Waals surface area contributed by atoms with Crippen LogP contribution in [0.5, 0.6) is 11.5 Å². The molecule has 7 nitrogen and oxygen atoms in total. The fourth-order valence-electron chi connectivity index (χ4n) is 4.63. The van der Waals surface area contributed by atoms with Gasteiger partial charge in [0.05, 0.1) is 27.9 Å². The average Bonchev–Trinajstić information content (AvgIpc) is 3.18. The Labute approximate surface area is 206 Å². The van der Waals surface area contributed by atoms with E-state index in [1.165, 1.54) is 31.3 Å². The number of anilines is 2. The quantitative estimate of drug-likeness (QED) is 0.308. The lowest BCUT2D eigenvalue weighted by Gasteiger charge is -2.30. The Morgan fingerprint density at radius 2 is 1.88 bits per heavy atom. The topological polar surface area (TPSA) is 77.5 Å². The van der Waals surface area contributed by atoms with E-state index in [1.54, 1.807) is 7.11 Å². The van der Waals surface area contributed by atoms with E-state index in [-0.39, 0.29) is 21.8 Å². The summed E-state index contributed by atoms with van der Waals surface area (Å²) in [5.74, 6) is 0.950. The molecule has 2 saturated heterocycles. The van der Waals surface area contributed by atoms with E-state index in [0.717, 1.165) is 12.8 Å². The van der Waals surface area contributed by atoms with Gasteiger partial charge in [-0.1, -0.05) is 23.2 Å². The summed E-state index contributed by atoms with van der Waals surface area (Å²) in [6.45, 7) is 0.822. The van der Waals surface area contributed by atoms with Crippen molar-refractivity contribution in [1.29, 1.82) is 0 Å². The van der Waals surface area contributed by atoms with Crippen LogP contribution in [0.2, 0.25) is 10.0 Å². The van der Waals surface area contributed by atoms with Crippen LogP contribution in [-0.4, -0.2) is 48.5 Å². The van der Waals surface area contributed by atoms with Crippen LogP contribution in [0.15, 0.2) is 30.6 Å². The maximum absolute atomic E-state index is 14.7. The molecule has 2 aromatic carbocycles. The molecule has 10 heteroatoms. The van der Waals surface area contributed by atoms with E-state index in [2.05, 4.69) is 20.6 Å². The number of hydrogen-bond acceptors (Lipinski definition) is 7. The van der Waals surface area contributed by atoms with E-state index < -0.39 is 5.82 Å². The van der Waals surface area contributed by atoms with E-state index in [1.807, 2.05) is 12.1 Å². The lowest BCUT2D eigenvalue weighted by atomic mass is 10.0. The van der Waals surface area contributed by atoms with E-state index in [0.29, 0.717) is 53.5 Å². The second kappa shape index (κ2) is 10.1. The molecular weight excluding hydrogens is 482 g/mol. The largest absolute Gasteiger partial charge is 0.487 e. The van der Waals surface area contributed by atoms with Crippen LogP contribution in [-0.2, 0) is 4.74 Å². The second-order valence-electron chi connectivity index (χ2n) is 8.58. The van der Waals surface area contributed by atoms with Gasteiger partial charge in [0.15, 0.2) is 17.3 Å². The third-order valence-electron chi connectivity index (χ3n) is 6.26. The summed E-state index contributed by atoms with van der Waals surface area (Å²) < 4.78 is 32.2. The SMILES string of the molecule is COCCOc1cc2ncnc(Nc3ccc(Cl)c(Cl)c3F)c2cc1O[C@@H]1C[C@H]2CC[C@@H](C1)N2. The van der Waals surface area contributed by atoms with Gasteiger partial charge in [-0.2, -0.15) is 0 Å². The average molecular weight is 507 g/mol. The predicted octanol–water partition coefficient (Wildman–Crippen LogP) is 5.51. The first kappa shape index (κ1) is 23.4. The molecule has 3 heterocycles. The van der Waals surface area contributed by atoms with Crippen molar-refractivity contribution in [1.82, 2.24) is 15.3 Å². The molecule has 0 aliphatic carbocycles. The molecule has 5 rings (SSSR count). The van der Waals surface area contributed by atoms with Crippen molar-refractivity contribution in [2.75, 3.05) is 25.6 Å². The molecule has 0 radical (unpaired) electrons. The highest BCUT2D eigenvalue weighted by molar-refractivity contribution is 6.42. The number of aromatic nitrogens is 2. The van der Waals surface area contributed by atoms with Gasteiger partial charge in [0.1, 0.15) is 24.9 Å². The number of ether oxygens (including phenoxy) is 3. The van der Waals surface area contributed by atoms with Crippen molar-refractivity contribution in [3.63, 3.8) is 0 Å². The van der Waals surface area contributed by atoms with Crippen LogP contribution < -0.4 is 20.1 Å². The standard InChI is InChI=1S/C24H25Cl2FN4O3/c1-32-6-7-33-20-11-19-16(10-21(20)34-15-8-13-2-3-14(9-15)30-13)24(29-12-28-19)31-18-5-4-17(25)22(26)23(18)27/h4-5,10-15,30H,2-3,6-9H2,1H3,(H,28,29,31)/t13-,14+,15-. The predicted molar refractivity (Wildman–Crippen MR) is 130 cm³/mol. The molecular formula is C24H25Cl2FN4O3. The lowest BCUT2D eigenvalue weighted by Crippen LogP contribution is -2.42. The Hall–Kier alpha value is -2.39. The first-order valence-electron chi connectivity index (χ1n) is 11.3. The molecule has 180 valence electrons. The molecule has 2 fully saturated rings. The highest BCUT2D eigenvalue weighted by Gasteiger charge is 2.35. The molecule has 3 atom stereocenters. The zero-order valence-corrected chi connectivity index (χ0v) is 20.1. The van der Waals surface area contributed by atoms with Gasteiger partial charge in [0.25, 0.3) is 0 Å². The molecule has 2 N–H and O–H groups in total. The first-order chi connectivity index (χ1) is 16.5. The van der Waals surface area contributed by atoms with Gasteiger partial charge < -0.3 is 24.8 Å². The summed E-state index contributed by atoms with van der Waals surface area (Å²) in [5, 5.41) is 7.30. The Morgan fingerprint density at radius 1 is 1.09 bits per heavy atom. The van der Waals surface area contributed by atoms with Gasteiger partial charge in [0.2, 0.25) is 0 Å². The van der Waals surface area contributed by atoms with Crippen molar-refractivity contribution < 1.29 is 18.6 Å². The zero-order valence-electron chi connectivity index (χ0n) is 18.6. The normalized spacial score (nSPS) is 21.6. The molecule has 34 heavy (non-hydrogen) atoms. The summed E-state index contributed by atoms with van der Waals surface area (Å²) >= 11 is 11.9. The van der Waals surface area contributed by atoms with Crippen LogP contribution in [0, 0.1) is 5.82 Å². The number of hydrogen-bond donors (Lipinski definition) is 2. The van der Waals surface area contributed by atoms with Gasteiger partial charge in [-0.25, -0.2) is 14.4 Å². The van der Waals surface area contributed by atoms with Crippen LogP contribution >= 0.6 is 23.2 Å². The number of nitrogens with one attached hydrogen (secondary N) is 2. The number of piperidine rings is 1. The molecule has 0 unspecified atom stereocenters. The Kier molecular flexibility index (Phi) is 6.92. The first-order valence-corrected chi connectivity index (χ1v) is 12.0. The third kappa shape index (κ3) is 4.86. The molecule has 0 spiro atoms. The highest BCUT2D eigenvalue weighted by atomic mass is 35.5. The van der Waals surface area contributed by atoms with Crippen molar-refractivity contribution in [2.45, 2.75) is 43.9 Å². The summed E-state index contributed by atoms with van der Waals surface area (Å²) in [6.07, 6.45) is 5.72. The minimum Gasteiger partial charge on any atom is -0.487 e. The second-order valence-corrected chi connectivity index (χ2v) is 9.36. The van der Waals surface area contributed by atoms with Crippen molar-refractivity contribution in [3.05, 3.63) is 46.5 Å². The lowest BCUT2D eigenvalue weighted by molar-refractivity contribution is 0.121. The maximum Gasteiger partial charge on any atom is 0.166 e. The number of methoxy groups -OCH3 is 1. The van der Waals surface area contributed by atoms with E-state index >= 15 is 0 Å². The van der Waals surface area contributed by atoms with Crippen LogP contribution in [0.1, 0.15) is 25.7 Å². The molecule has 2 bridgehead atoms. The smallest absolute Gasteiger partial charge is 0.166 e. The van der Waals surface area contributed by atoms with E-state index in [4.69, 9.17) is 37.4 Å². The third-order valence-corrected chi connectivity index (χ3v) is 7.04. The number of benzene rings is 2. The minimum absolute atomic E-state index is 0.0783. The molecule has 1 aromatic heterocycles. The Bertz CT molecular complexity index is 1190. The number of rotatable bonds is 8. The van der Waals surface area contributed by atoms with Gasteiger partial charge in [0, 0.05) is 30.6 Å². The minimum atomic E-state index is -0.651. The fraction of sp³-hybridized carbons (Fsp3) is 0.417. The summed E-state index contributed by atoms with van der Waals surface area (Å²) in [4.78, 5) is 8.71. The summed E-state index contributed by atoms with van der Waals surface area (Å²) in [6, 6.07) is 7.68. The van der Waals surface area contributed by atoms with Gasteiger partial charge >= 0.3 is 0 Å². The summed E-state index contributed by atoms with van der Waals surface area (Å²) in [7, 11) is 1.62. The molecule has 0 amide bonds. The van der Waals surface area contributed by atoms with E-state index in [9.17, 15) is 4.39 Å². The monoisotopic (exact) mass is 506 g/mol. The molecule has 3 aromatic rings. The number of fused-ring (bicyclic) bond motifs is 3. The Morgan fingerprint density at radius 3 is 2.65 bits per heavy atom. The van der Waals surface area contributed by atoms with Crippen LogP contribution in [0.3, 0.4) is 0 Å².